The van der Waals surface area contributed by atoms with Crippen LogP contribution in [0.25, 0.3) is 5.65 Å². The molecule has 25 heavy (non-hydrogen) atoms. The number of nitrogens with two attached hydrogens (primary N) is 1. The molecule has 1 aromatic carbocycles. The Morgan fingerprint density at radius 2 is 2.04 bits per heavy atom. The van der Waals surface area contributed by atoms with Crippen molar-refractivity contribution in [3.05, 3.63) is 76.2 Å². The maximum Gasteiger partial charge on any atom is 0.267 e. The third kappa shape index (κ3) is 4.23. The van der Waals surface area contributed by atoms with Crippen LogP contribution in [-0.4, -0.2) is 20.7 Å². The molecule has 8 heteroatoms. The Bertz CT molecular complexity index is 985. The Hall–Kier alpha value is -2.71. The van der Waals surface area contributed by atoms with Gasteiger partial charge in [0.1, 0.15) is 10.7 Å². The summed E-state index contributed by atoms with van der Waals surface area (Å²) >= 11 is 6.20. The molecule has 0 amide bonds. The van der Waals surface area contributed by atoms with Crippen molar-refractivity contribution >= 4 is 41.0 Å². The first-order chi connectivity index (χ1) is 12.1. The fraction of sp³-hybridized carbons (Fsp3) is 0.0588. The van der Waals surface area contributed by atoms with E-state index in [9.17, 15) is 4.79 Å². The van der Waals surface area contributed by atoms with Crippen LogP contribution in [0, 0.1) is 0 Å². The van der Waals surface area contributed by atoms with Gasteiger partial charge < -0.3 is 5.73 Å². The normalized spacial score (nSPS) is 11.0. The average molecular weight is 369 g/mol. The van der Waals surface area contributed by atoms with Gasteiger partial charge in [0.15, 0.2) is 5.11 Å². The van der Waals surface area contributed by atoms with E-state index in [1.807, 2.05) is 36.4 Å². The van der Waals surface area contributed by atoms with Crippen LogP contribution in [0.3, 0.4) is 0 Å². The molecule has 2 aromatic heterocycles. The second kappa shape index (κ2) is 7.91. The molecule has 3 N–H and O–H groups in total. The van der Waals surface area contributed by atoms with Gasteiger partial charge >= 0.3 is 0 Å². The molecule has 0 bridgehead atoms. The summed E-state index contributed by atoms with van der Waals surface area (Å²) < 4.78 is 1.48. The van der Waals surface area contributed by atoms with Gasteiger partial charge in [-0.05, 0) is 29.9 Å². The van der Waals surface area contributed by atoms with E-state index in [4.69, 9.17) is 18.0 Å². The molecule has 0 unspecified atom stereocenters. The number of pyridine rings is 1. The smallest absolute Gasteiger partial charge is 0.267 e. The zero-order valence-corrected chi connectivity index (χ0v) is 14.8. The fourth-order valence-corrected chi connectivity index (χ4v) is 3.19. The number of nitrogens with zero attached hydrogens (tertiary/aromatic N) is 3. The number of hydrogen-bond donors (Lipinski definition) is 2. The molecule has 2 heterocycles. The van der Waals surface area contributed by atoms with Gasteiger partial charge in [0.2, 0.25) is 0 Å². The minimum absolute atomic E-state index is 0.0311. The maximum absolute atomic E-state index is 12.8. The lowest BCUT2D eigenvalue weighted by atomic mass is 10.2. The van der Waals surface area contributed by atoms with E-state index in [2.05, 4.69) is 15.5 Å². The number of hydrazone groups is 1. The van der Waals surface area contributed by atoms with Gasteiger partial charge in [0.05, 0.1) is 11.8 Å². The first-order valence-corrected chi connectivity index (χ1v) is 8.81. The number of aromatic nitrogens is 2. The molecular weight excluding hydrogens is 354 g/mol. The van der Waals surface area contributed by atoms with Crippen LogP contribution in [0.15, 0.2) is 69.6 Å². The number of fused-ring (bicyclic) bond motifs is 1. The SMILES string of the molecule is NC(=S)N/N=C/c1c(SCc2ccccc2)nc2ccccn2c1=O. The molecule has 126 valence electrons. The van der Waals surface area contributed by atoms with Crippen LogP contribution >= 0.6 is 24.0 Å². The van der Waals surface area contributed by atoms with Gasteiger partial charge in [-0.15, -0.1) is 11.8 Å². The minimum atomic E-state index is -0.199. The Balaban J connectivity index is 2.00. The zero-order chi connectivity index (χ0) is 17.6. The van der Waals surface area contributed by atoms with Crippen LogP contribution < -0.4 is 16.7 Å². The first kappa shape index (κ1) is 17.1. The molecule has 0 radical (unpaired) electrons. The van der Waals surface area contributed by atoms with Crippen LogP contribution in [-0.2, 0) is 5.75 Å². The summed E-state index contributed by atoms with van der Waals surface area (Å²) in [5, 5.41) is 4.55. The summed E-state index contributed by atoms with van der Waals surface area (Å²) in [6.45, 7) is 0. The molecule has 0 fully saturated rings. The van der Waals surface area contributed by atoms with Gasteiger partial charge in [-0.3, -0.25) is 14.6 Å². The molecule has 0 saturated carbocycles. The Kier molecular flexibility index (Phi) is 5.42. The monoisotopic (exact) mass is 369 g/mol. The number of hydrogen-bond acceptors (Lipinski definition) is 5. The lowest BCUT2D eigenvalue weighted by Crippen LogP contribution is -2.25. The molecule has 3 aromatic rings. The third-order valence-corrected chi connectivity index (χ3v) is 4.47. The van der Waals surface area contributed by atoms with Gasteiger partial charge in [-0.2, -0.15) is 5.10 Å². The lowest BCUT2D eigenvalue weighted by Gasteiger charge is -2.08. The van der Waals surface area contributed by atoms with Crippen molar-refractivity contribution in [2.75, 3.05) is 0 Å². The van der Waals surface area contributed by atoms with Crippen molar-refractivity contribution < 1.29 is 0 Å². The molecule has 0 aliphatic heterocycles. The lowest BCUT2D eigenvalue weighted by molar-refractivity contribution is 0.969. The highest BCUT2D eigenvalue weighted by Crippen LogP contribution is 2.22. The molecule has 0 saturated heterocycles. The van der Waals surface area contributed by atoms with E-state index in [1.54, 1.807) is 18.3 Å². The zero-order valence-electron chi connectivity index (χ0n) is 13.1. The second-order valence-electron chi connectivity index (χ2n) is 5.07. The third-order valence-electron chi connectivity index (χ3n) is 3.32. The predicted molar refractivity (Wildman–Crippen MR) is 105 cm³/mol. The predicted octanol–water partition coefficient (Wildman–Crippen LogP) is 2.15. The molecular formula is C17H15N5OS2. The number of benzene rings is 1. The van der Waals surface area contributed by atoms with Crippen LogP contribution in [0.4, 0.5) is 0 Å². The quantitative estimate of drug-likeness (QED) is 0.236. The average Bonchev–Trinajstić information content (AvgIpc) is 2.63. The molecule has 0 aliphatic carbocycles. The number of thiocarbonyl (C=S) groups is 1. The highest BCUT2D eigenvalue weighted by atomic mass is 32.2. The Labute approximate surface area is 153 Å². The minimum Gasteiger partial charge on any atom is -0.375 e. The summed E-state index contributed by atoms with van der Waals surface area (Å²) in [7, 11) is 0. The van der Waals surface area contributed by atoms with E-state index >= 15 is 0 Å². The Morgan fingerprint density at radius 1 is 1.28 bits per heavy atom. The van der Waals surface area contributed by atoms with Crippen LogP contribution in [0.5, 0.6) is 0 Å². The molecule has 0 aliphatic rings. The van der Waals surface area contributed by atoms with Crippen molar-refractivity contribution in [1.82, 2.24) is 14.8 Å². The topological polar surface area (TPSA) is 84.8 Å². The van der Waals surface area contributed by atoms with E-state index < -0.39 is 0 Å². The molecule has 0 atom stereocenters. The highest BCUT2D eigenvalue weighted by molar-refractivity contribution is 7.98. The fourth-order valence-electron chi connectivity index (χ4n) is 2.19. The first-order valence-electron chi connectivity index (χ1n) is 7.42. The van der Waals surface area contributed by atoms with Crippen LogP contribution in [0.2, 0.25) is 0 Å². The Morgan fingerprint density at radius 3 is 2.80 bits per heavy atom. The van der Waals surface area contributed by atoms with Crippen molar-refractivity contribution in [1.29, 1.82) is 0 Å². The summed E-state index contributed by atoms with van der Waals surface area (Å²) in [6, 6.07) is 15.4. The van der Waals surface area contributed by atoms with E-state index in [-0.39, 0.29) is 10.7 Å². The number of nitrogens with one attached hydrogen (secondary N) is 1. The maximum atomic E-state index is 12.8. The number of thioether (sulfide) groups is 1. The van der Waals surface area contributed by atoms with E-state index in [0.717, 1.165) is 5.56 Å². The molecule has 6 nitrogen and oxygen atoms in total. The van der Waals surface area contributed by atoms with Crippen molar-refractivity contribution in [3.63, 3.8) is 0 Å². The standard InChI is InChI=1S/C17H15N5OS2/c18-17(24)21-19-10-13-15(25-11-12-6-2-1-3-7-12)20-14-8-4-5-9-22(14)16(13)23/h1-10H,11H2,(H3,18,21,24)/b19-10+. The highest BCUT2D eigenvalue weighted by Gasteiger charge is 2.12. The van der Waals surface area contributed by atoms with Crippen molar-refractivity contribution in [2.24, 2.45) is 10.8 Å². The molecule has 0 spiro atoms. The van der Waals surface area contributed by atoms with Gasteiger partial charge in [0.25, 0.3) is 5.56 Å². The summed E-state index contributed by atoms with van der Waals surface area (Å²) in [5.41, 5.74) is 9.74. The summed E-state index contributed by atoms with van der Waals surface area (Å²) in [6.07, 6.45) is 3.08. The second-order valence-corrected chi connectivity index (χ2v) is 6.48. The summed E-state index contributed by atoms with van der Waals surface area (Å²) in [4.78, 5) is 17.4. The van der Waals surface area contributed by atoms with Gasteiger partial charge in [-0.1, -0.05) is 36.4 Å². The molecule has 3 rings (SSSR count). The van der Waals surface area contributed by atoms with Gasteiger partial charge in [-0.25, -0.2) is 4.98 Å². The number of rotatable bonds is 5. The van der Waals surface area contributed by atoms with E-state index in [1.165, 1.54) is 22.4 Å². The van der Waals surface area contributed by atoms with E-state index in [0.29, 0.717) is 22.0 Å². The summed E-state index contributed by atoms with van der Waals surface area (Å²) in [5.74, 6) is 0.694. The van der Waals surface area contributed by atoms with Crippen molar-refractivity contribution in [2.45, 2.75) is 10.8 Å². The largest absolute Gasteiger partial charge is 0.375 e. The van der Waals surface area contributed by atoms with Crippen LogP contribution in [0.1, 0.15) is 11.1 Å². The van der Waals surface area contributed by atoms with Crippen molar-refractivity contribution in [3.8, 4) is 0 Å². The van der Waals surface area contributed by atoms with Gasteiger partial charge in [0, 0.05) is 11.9 Å².